The summed E-state index contributed by atoms with van der Waals surface area (Å²) in [6.07, 6.45) is 0.558. The van der Waals surface area contributed by atoms with E-state index >= 15 is 0 Å². The number of carbonyl (C=O) groups excluding carboxylic acids is 2. The number of thiol groups is 1. The highest BCUT2D eigenvalue weighted by atomic mass is 32.1. The van der Waals surface area contributed by atoms with E-state index in [1.165, 1.54) is 18.2 Å². The van der Waals surface area contributed by atoms with E-state index in [0.717, 1.165) is 4.90 Å². The lowest BCUT2D eigenvalue weighted by molar-refractivity contribution is -0.385. The van der Waals surface area contributed by atoms with E-state index in [2.05, 4.69) is 12.6 Å². The van der Waals surface area contributed by atoms with Gasteiger partial charge in [-0.25, -0.2) is 0 Å². The Balaban J connectivity index is 2.45. The maximum absolute atomic E-state index is 12.0. The largest absolute Gasteiger partial charge is 0.282 e. The number of rotatable bonds is 4. The SMILES string of the molecule is O=C1c2cccc([N+](=O)[O-])c2C(=O)N1CCCS. The Labute approximate surface area is 108 Å². The van der Waals surface area contributed by atoms with Gasteiger partial charge in [0.1, 0.15) is 5.56 Å². The van der Waals surface area contributed by atoms with Gasteiger partial charge in [0, 0.05) is 12.6 Å². The number of hydrogen-bond acceptors (Lipinski definition) is 5. The van der Waals surface area contributed by atoms with Crippen LogP contribution in [0.3, 0.4) is 0 Å². The second-order valence-electron chi connectivity index (χ2n) is 3.80. The van der Waals surface area contributed by atoms with Gasteiger partial charge in [-0.15, -0.1) is 0 Å². The van der Waals surface area contributed by atoms with Gasteiger partial charge in [0.05, 0.1) is 10.5 Å². The molecule has 94 valence electrons. The van der Waals surface area contributed by atoms with Crippen molar-refractivity contribution >= 4 is 30.1 Å². The zero-order chi connectivity index (χ0) is 13.3. The van der Waals surface area contributed by atoms with Crippen LogP contribution in [0.25, 0.3) is 0 Å². The number of fused-ring (bicyclic) bond motifs is 1. The Morgan fingerprint density at radius 3 is 2.61 bits per heavy atom. The van der Waals surface area contributed by atoms with Gasteiger partial charge in [-0.3, -0.25) is 24.6 Å². The minimum Gasteiger partial charge on any atom is -0.274 e. The smallest absolute Gasteiger partial charge is 0.274 e. The molecule has 0 unspecified atom stereocenters. The molecule has 6 nitrogen and oxygen atoms in total. The molecule has 0 saturated carbocycles. The van der Waals surface area contributed by atoms with Crippen molar-refractivity contribution in [2.45, 2.75) is 6.42 Å². The standard InChI is InChI=1S/C11H10N2O4S/c14-10-7-3-1-4-8(13(16)17)9(7)11(15)12(10)5-2-6-18/h1,3-4,18H,2,5-6H2. The molecule has 0 fully saturated rings. The molecule has 2 rings (SSSR count). The maximum Gasteiger partial charge on any atom is 0.282 e. The summed E-state index contributed by atoms with van der Waals surface area (Å²) < 4.78 is 0. The summed E-state index contributed by atoms with van der Waals surface area (Å²) in [5.74, 6) is -0.528. The van der Waals surface area contributed by atoms with E-state index in [4.69, 9.17) is 0 Å². The van der Waals surface area contributed by atoms with Gasteiger partial charge in [-0.05, 0) is 18.2 Å². The highest BCUT2D eigenvalue weighted by molar-refractivity contribution is 7.80. The lowest BCUT2D eigenvalue weighted by atomic mass is 10.1. The molecule has 1 heterocycles. The fourth-order valence-electron chi connectivity index (χ4n) is 1.90. The second kappa shape index (κ2) is 4.77. The molecule has 1 aromatic carbocycles. The summed E-state index contributed by atoms with van der Waals surface area (Å²) in [5, 5.41) is 10.8. The average molecular weight is 266 g/mol. The summed E-state index contributed by atoms with van der Waals surface area (Å²) in [7, 11) is 0. The van der Waals surface area contributed by atoms with Crippen LogP contribution in [0, 0.1) is 10.1 Å². The first-order valence-corrected chi connectivity index (χ1v) is 5.95. The van der Waals surface area contributed by atoms with Crippen LogP contribution in [0.2, 0.25) is 0 Å². The van der Waals surface area contributed by atoms with Crippen LogP contribution >= 0.6 is 12.6 Å². The molecule has 1 aromatic rings. The van der Waals surface area contributed by atoms with Gasteiger partial charge in [0.2, 0.25) is 0 Å². The summed E-state index contributed by atoms with van der Waals surface area (Å²) in [6.45, 7) is 0.229. The zero-order valence-corrected chi connectivity index (χ0v) is 10.2. The highest BCUT2D eigenvalue weighted by Gasteiger charge is 2.40. The third-order valence-corrected chi connectivity index (χ3v) is 3.03. The normalized spacial score (nSPS) is 13.9. The zero-order valence-electron chi connectivity index (χ0n) is 9.33. The van der Waals surface area contributed by atoms with Crippen molar-refractivity contribution in [2.24, 2.45) is 0 Å². The van der Waals surface area contributed by atoms with Gasteiger partial charge in [0.25, 0.3) is 17.5 Å². The Kier molecular flexibility index (Phi) is 3.33. The fourth-order valence-corrected chi connectivity index (χ4v) is 2.04. The van der Waals surface area contributed by atoms with Crippen molar-refractivity contribution in [3.05, 3.63) is 39.4 Å². The molecule has 0 N–H and O–H groups in total. The van der Waals surface area contributed by atoms with E-state index in [1.807, 2.05) is 0 Å². The molecule has 2 amide bonds. The first kappa shape index (κ1) is 12.6. The molecule has 0 radical (unpaired) electrons. The van der Waals surface area contributed by atoms with Crippen LogP contribution in [-0.2, 0) is 0 Å². The van der Waals surface area contributed by atoms with Gasteiger partial charge in [-0.1, -0.05) is 6.07 Å². The van der Waals surface area contributed by atoms with E-state index in [0.29, 0.717) is 12.2 Å². The molecule has 1 aliphatic heterocycles. The Morgan fingerprint density at radius 1 is 1.28 bits per heavy atom. The van der Waals surface area contributed by atoms with Crippen molar-refractivity contribution in [3.8, 4) is 0 Å². The van der Waals surface area contributed by atoms with Crippen molar-refractivity contribution < 1.29 is 14.5 Å². The monoisotopic (exact) mass is 266 g/mol. The third kappa shape index (κ3) is 1.86. The maximum atomic E-state index is 12.0. The van der Waals surface area contributed by atoms with Crippen LogP contribution in [-0.4, -0.2) is 33.9 Å². The summed E-state index contributed by atoms with van der Waals surface area (Å²) >= 11 is 4.01. The molecule has 7 heteroatoms. The van der Waals surface area contributed by atoms with E-state index in [9.17, 15) is 19.7 Å². The predicted molar refractivity (Wildman–Crippen MR) is 66.9 cm³/mol. The van der Waals surface area contributed by atoms with Crippen molar-refractivity contribution in [1.29, 1.82) is 0 Å². The lowest BCUT2D eigenvalue weighted by Gasteiger charge is -2.11. The molecular formula is C11H10N2O4S. The molecule has 0 saturated heterocycles. The second-order valence-corrected chi connectivity index (χ2v) is 4.24. The van der Waals surface area contributed by atoms with E-state index in [1.54, 1.807) is 0 Å². The van der Waals surface area contributed by atoms with Crippen molar-refractivity contribution in [2.75, 3.05) is 12.3 Å². The summed E-state index contributed by atoms with van der Waals surface area (Å²) in [4.78, 5) is 35.2. The van der Waals surface area contributed by atoms with Crippen LogP contribution in [0.5, 0.6) is 0 Å². The first-order valence-electron chi connectivity index (χ1n) is 5.32. The number of nitro groups is 1. The minimum absolute atomic E-state index is 0.105. The molecule has 0 aliphatic carbocycles. The quantitative estimate of drug-likeness (QED) is 0.387. The number of hydrogen-bond donors (Lipinski definition) is 1. The van der Waals surface area contributed by atoms with Crippen molar-refractivity contribution in [1.82, 2.24) is 4.90 Å². The van der Waals surface area contributed by atoms with Gasteiger partial charge >= 0.3 is 0 Å². The van der Waals surface area contributed by atoms with Crippen LogP contribution in [0.4, 0.5) is 5.69 Å². The van der Waals surface area contributed by atoms with E-state index < -0.39 is 16.7 Å². The topological polar surface area (TPSA) is 80.5 Å². The molecule has 18 heavy (non-hydrogen) atoms. The summed E-state index contributed by atoms with van der Waals surface area (Å²) in [5.41, 5.74) is -0.320. The molecule has 1 aliphatic rings. The minimum atomic E-state index is -0.647. The Morgan fingerprint density at radius 2 is 2.00 bits per heavy atom. The van der Waals surface area contributed by atoms with Crippen LogP contribution in [0.1, 0.15) is 27.1 Å². The highest BCUT2D eigenvalue weighted by Crippen LogP contribution is 2.30. The van der Waals surface area contributed by atoms with E-state index in [-0.39, 0.29) is 23.4 Å². The average Bonchev–Trinajstić information content (AvgIpc) is 2.60. The molecule has 0 atom stereocenters. The number of carbonyl (C=O) groups is 2. The Hall–Kier alpha value is -1.89. The third-order valence-electron chi connectivity index (χ3n) is 2.71. The van der Waals surface area contributed by atoms with Crippen molar-refractivity contribution in [3.63, 3.8) is 0 Å². The molecule has 0 bridgehead atoms. The number of nitrogens with zero attached hydrogens (tertiary/aromatic N) is 2. The number of benzene rings is 1. The number of nitro benzene ring substituents is 1. The molecular weight excluding hydrogens is 256 g/mol. The molecule has 0 aromatic heterocycles. The number of imide groups is 1. The van der Waals surface area contributed by atoms with Crippen LogP contribution in [0.15, 0.2) is 18.2 Å². The lowest BCUT2D eigenvalue weighted by Crippen LogP contribution is -2.31. The fraction of sp³-hybridized carbons (Fsp3) is 0.273. The van der Waals surface area contributed by atoms with Gasteiger partial charge in [-0.2, -0.15) is 12.6 Å². The number of amides is 2. The Bertz CT molecular complexity index is 544. The molecule has 0 spiro atoms. The van der Waals surface area contributed by atoms with Gasteiger partial charge < -0.3 is 0 Å². The predicted octanol–water partition coefficient (Wildman–Crippen LogP) is 1.51. The summed E-state index contributed by atoms with van der Waals surface area (Å²) in [6, 6.07) is 4.07. The van der Waals surface area contributed by atoms with Gasteiger partial charge in [0.15, 0.2) is 0 Å². The first-order chi connectivity index (χ1) is 8.57. The van der Waals surface area contributed by atoms with Crippen LogP contribution < -0.4 is 0 Å².